The minimum atomic E-state index is -1.57. The molecule has 0 spiro atoms. The monoisotopic (exact) mass is 472 g/mol. The summed E-state index contributed by atoms with van der Waals surface area (Å²) in [5, 5.41) is 3.08. The maximum Gasteiger partial charge on any atom is 0.410 e. The van der Waals surface area contributed by atoms with Crippen LogP contribution in [0.5, 0.6) is 5.75 Å². The number of ether oxygens (including phenoxy) is 2. The van der Waals surface area contributed by atoms with Crippen LogP contribution < -0.4 is 10.1 Å². The Hall–Kier alpha value is -3.06. The van der Waals surface area contributed by atoms with Crippen molar-refractivity contribution in [3.8, 4) is 5.75 Å². The molecule has 8 heteroatoms. The zero-order valence-electron chi connectivity index (χ0n) is 19.0. The minimum absolute atomic E-state index is 0.0959. The van der Waals surface area contributed by atoms with E-state index in [1.165, 1.54) is 19.1 Å². The number of halogens is 2. The molecule has 0 saturated carbocycles. The van der Waals surface area contributed by atoms with E-state index in [0.717, 1.165) is 17.2 Å². The highest BCUT2D eigenvalue weighted by Gasteiger charge is 2.44. The van der Waals surface area contributed by atoms with Crippen molar-refractivity contribution in [2.75, 3.05) is 18.4 Å². The van der Waals surface area contributed by atoms with Crippen molar-refractivity contribution in [3.05, 3.63) is 64.4 Å². The van der Waals surface area contributed by atoms with Gasteiger partial charge in [-0.05, 0) is 57.9 Å². The molecule has 0 saturated heterocycles. The highest BCUT2D eigenvalue weighted by Crippen LogP contribution is 2.44. The molecule has 6 nitrogen and oxygen atoms in total. The van der Waals surface area contributed by atoms with Gasteiger partial charge in [-0.15, -0.1) is 0 Å². The van der Waals surface area contributed by atoms with Crippen LogP contribution in [-0.4, -0.2) is 35.6 Å². The summed E-state index contributed by atoms with van der Waals surface area (Å²) < 4.78 is 26.4. The van der Waals surface area contributed by atoms with Gasteiger partial charge in [0.1, 0.15) is 11.4 Å². The largest absolute Gasteiger partial charge is 0.470 e. The lowest BCUT2D eigenvalue weighted by Gasteiger charge is -2.37. The normalized spacial score (nSPS) is 20.4. The zero-order valence-corrected chi connectivity index (χ0v) is 19.8. The van der Waals surface area contributed by atoms with Crippen molar-refractivity contribution in [2.45, 2.75) is 45.3 Å². The molecule has 1 unspecified atom stereocenters. The lowest BCUT2D eigenvalue weighted by molar-refractivity contribution is -0.132. The van der Waals surface area contributed by atoms with Crippen LogP contribution in [0.1, 0.15) is 45.2 Å². The summed E-state index contributed by atoms with van der Waals surface area (Å²) in [6.07, 6.45) is 2.17. The predicted molar refractivity (Wildman–Crippen MR) is 125 cm³/mol. The highest BCUT2D eigenvalue weighted by molar-refractivity contribution is 6.30. The van der Waals surface area contributed by atoms with Crippen molar-refractivity contribution >= 4 is 34.9 Å². The van der Waals surface area contributed by atoms with Crippen molar-refractivity contribution in [3.63, 3.8) is 0 Å². The van der Waals surface area contributed by atoms with Crippen LogP contribution in [0.15, 0.2) is 42.5 Å². The van der Waals surface area contributed by atoms with Crippen LogP contribution in [-0.2, 0) is 15.1 Å². The third-order valence-corrected chi connectivity index (χ3v) is 5.89. The molecule has 1 N–H and O–H groups in total. The van der Waals surface area contributed by atoms with E-state index in [4.69, 9.17) is 21.1 Å². The zero-order chi connectivity index (χ0) is 24.0. The highest BCUT2D eigenvalue weighted by atomic mass is 35.5. The second-order valence-corrected chi connectivity index (χ2v) is 9.74. The van der Waals surface area contributed by atoms with Gasteiger partial charge < -0.3 is 19.7 Å². The Bertz CT molecular complexity index is 1160. The fourth-order valence-electron chi connectivity index (χ4n) is 3.95. The molecule has 0 aromatic heterocycles. The smallest absolute Gasteiger partial charge is 0.410 e. The van der Waals surface area contributed by atoms with Gasteiger partial charge in [-0.25, -0.2) is 9.18 Å². The molecular formula is C25H26ClFN2O4. The van der Waals surface area contributed by atoms with Gasteiger partial charge >= 0.3 is 6.09 Å². The number of amides is 2. The molecule has 2 aromatic carbocycles. The van der Waals surface area contributed by atoms with Gasteiger partial charge in [0.05, 0.1) is 5.69 Å². The molecule has 2 aromatic rings. The molecule has 2 aliphatic rings. The van der Waals surface area contributed by atoms with Gasteiger partial charge in [-0.3, -0.25) is 4.79 Å². The van der Waals surface area contributed by atoms with Gasteiger partial charge in [0, 0.05) is 29.2 Å². The molecule has 2 aliphatic heterocycles. The van der Waals surface area contributed by atoms with E-state index in [2.05, 4.69) is 5.32 Å². The van der Waals surface area contributed by atoms with E-state index in [1.807, 2.05) is 39.0 Å². The van der Waals surface area contributed by atoms with Crippen LogP contribution in [0.25, 0.3) is 5.57 Å². The molecule has 0 aliphatic carbocycles. The van der Waals surface area contributed by atoms with Crippen LogP contribution in [0.4, 0.5) is 14.9 Å². The molecule has 2 heterocycles. The van der Waals surface area contributed by atoms with E-state index in [9.17, 15) is 14.0 Å². The summed E-state index contributed by atoms with van der Waals surface area (Å²) in [7, 11) is 0. The Morgan fingerprint density at radius 3 is 2.67 bits per heavy atom. The molecule has 0 radical (unpaired) electrons. The fourth-order valence-corrected chi connectivity index (χ4v) is 4.11. The first kappa shape index (κ1) is 23.1. The summed E-state index contributed by atoms with van der Waals surface area (Å²) in [5.41, 5.74) is 0.236. The molecular weight excluding hydrogens is 447 g/mol. The number of rotatable bonds is 2. The number of carbonyl (C=O) groups is 2. The van der Waals surface area contributed by atoms with Crippen LogP contribution in [0, 0.1) is 5.82 Å². The van der Waals surface area contributed by atoms with E-state index < -0.39 is 22.9 Å². The average Bonchev–Trinajstić information content (AvgIpc) is 2.73. The Morgan fingerprint density at radius 1 is 1.27 bits per heavy atom. The van der Waals surface area contributed by atoms with Gasteiger partial charge in [-0.1, -0.05) is 35.9 Å². The van der Waals surface area contributed by atoms with Gasteiger partial charge in [0.15, 0.2) is 5.75 Å². The summed E-state index contributed by atoms with van der Waals surface area (Å²) in [6, 6.07) is 9.61. The Labute approximate surface area is 197 Å². The number of hydrogen-bond acceptors (Lipinski definition) is 4. The number of hydrogen-bond donors (Lipinski definition) is 1. The second kappa shape index (κ2) is 8.37. The minimum Gasteiger partial charge on any atom is -0.470 e. The lowest BCUT2D eigenvalue weighted by Crippen LogP contribution is -2.46. The van der Waals surface area contributed by atoms with E-state index in [1.54, 1.807) is 11.0 Å². The average molecular weight is 473 g/mol. The number of nitrogens with zero attached hydrogens (tertiary/aromatic N) is 1. The summed E-state index contributed by atoms with van der Waals surface area (Å²) in [6.45, 7) is 7.91. The Morgan fingerprint density at radius 2 is 2.03 bits per heavy atom. The van der Waals surface area contributed by atoms with Gasteiger partial charge in [0.25, 0.3) is 5.91 Å². The molecule has 0 bridgehead atoms. The number of nitrogens with one attached hydrogen (secondary N) is 1. The summed E-state index contributed by atoms with van der Waals surface area (Å²) >= 11 is 5.89. The standard InChI is InChI=1S/C25H26ClFN2O4/c1-24(2,3)33-23(31)29-12-10-15(11-13-29)17-6-5-7-20-21(17)32-25(4,22(30)28-20)18-9-8-16(26)14-19(18)27/h5-10,14H,11-13H2,1-4H3,(H,28,30). The van der Waals surface area contributed by atoms with E-state index in [-0.39, 0.29) is 16.7 Å². The predicted octanol–water partition coefficient (Wildman–Crippen LogP) is 5.75. The SMILES string of the molecule is CC(C)(C)OC(=O)N1CC=C(c2cccc3c2OC(C)(c2ccc(Cl)cc2F)C(=O)N3)CC1. The number of carbonyl (C=O) groups excluding carboxylic acids is 2. The third-order valence-electron chi connectivity index (χ3n) is 5.65. The fraction of sp³-hybridized carbons (Fsp3) is 0.360. The van der Waals surface area contributed by atoms with Crippen molar-refractivity contribution in [1.82, 2.24) is 4.90 Å². The quantitative estimate of drug-likeness (QED) is 0.604. The van der Waals surface area contributed by atoms with Crippen molar-refractivity contribution < 1.29 is 23.5 Å². The summed E-state index contributed by atoms with van der Waals surface area (Å²) in [5.74, 6) is -0.626. The second-order valence-electron chi connectivity index (χ2n) is 9.30. The van der Waals surface area contributed by atoms with Gasteiger partial charge in [0.2, 0.25) is 5.60 Å². The molecule has 33 heavy (non-hydrogen) atoms. The number of para-hydroxylation sites is 1. The van der Waals surface area contributed by atoms with E-state index >= 15 is 0 Å². The van der Waals surface area contributed by atoms with Crippen LogP contribution >= 0.6 is 11.6 Å². The third kappa shape index (κ3) is 4.55. The summed E-state index contributed by atoms with van der Waals surface area (Å²) in [4.78, 5) is 26.9. The topological polar surface area (TPSA) is 67.9 Å². The number of fused-ring (bicyclic) bond motifs is 1. The van der Waals surface area contributed by atoms with Crippen LogP contribution in [0.2, 0.25) is 5.02 Å². The van der Waals surface area contributed by atoms with Gasteiger partial charge in [-0.2, -0.15) is 0 Å². The molecule has 4 rings (SSSR count). The first-order valence-corrected chi connectivity index (χ1v) is 11.1. The number of anilines is 1. The molecule has 174 valence electrons. The molecule has 2 amide bonds. The first-order valence-electron chi connectivity index (χ1n) is 10.7. The van der Waals surface area contributed by atoms with Crippen molar-refractivity contribution in [1.29, 1.82) is 0 Å². The maximum atomic E-state index is 14.7. The maximum absolute atomic E-state index is 14.7. The van der Waals surface area contributed by atoms with Crippen LogP contribution in [0.3, 0.4) is 0 Å². The van der Waals surface area contributed by atoms with Crippen molar-refractivity contribution in [2.24, 2.45) is 0 Å². The molecule has 1 atom stereocenters. The Kier molecular flexibility index (Phi) is 5.86. The number of benzene rings is 2. The lowest BCUT2D eigenvalue weighted by atomic mass is 9.90. The Balaban J connectivity index is 1.64. The first-order chi connectivity index (χ1) is 15.5. The molecule has 0 fully saturated rings. The van der Waals surface area contributed by atoms with E-state index in [0.29, 0.717) is 30.9 Å².